The number of hydroxylamine groups is 1. The van der Waals surface area contributed by atoms with Gasteiger partial charge in [0.1, 0.15) is 41.9 Å². The third-order valence-electron chi connectivity index (χ3n) is 20.1. The summed E-state index contributed by atoms with van der Waals surface area (Å²) in [7, 11) is 2.65. The van der Waals surface area contributed by atoms with Crippen LogP contribution in [-0.2, 0) is 19.3 Å². The number of hydrogen-bond acceptors (Lipinski definition) is 17. The lowest BCUT2D eigenvalue weighted by atomic mass is 9.75. The Labute approximate surface area is 436 Å². The SMILES string of the molecule is COONC(C(O)N1CCC[C@]1(C)C1(C)NC[C@H]([C@@H]2C=C(F)[C@H]3C(C2)OC(C2=CC[C@H](C4CC4)S2)N2[C@H]4CC=C([C@@H]5CNC(C)([C@@]6(C)CCCN6[C@H](O)C(N[C@H](O)OC)C(C)(C)F)N5)C[C@H]4C[C@@H]32)N1)C(C)(C)F. The van der Waals surface area contributed by atoms with Crippen molar-refractivity contribution in [2.45, 2.75) is 232 Å². The van der Waals surface area contributed by atoms with Gasteiger partial charge in [-0.1, -0.05) is 17.7 Å². The maximum Gasteiger partial charge on any atom is 0.213 e. The minimum atomic E-state index is -1.87. The molecule has 0 radical (unpaired) electrons. The van der Waals surface area contributed by atoms with E-state index in [4.69, 9.17) is 19.3 Å². The van der Waals surface area contributed by atoms with E-state index in [1.807, 2.05) is 27.6 Å². The van der Waals surface area contributed by atoms with Crippen molar-refractivity contribution >= 4 is 11.8 Å². The quantitative estimate of drug-likeness (QED) is 0.0405. The van der Waals surface area contributed by atoms with Gasteiger partial charge < -0.3 is 24.8 Å². The number of nitrogens with zero attached hydrogens (tertiary/aromatic N) is 3. The molecule has 3 aliphatic carbocycles. The van der Waals surface area contributed by atoms with Crippen LogP contribution in [0.5, 0.6) is 0 Å². The van der Waals surface area contributed by atoms with Gasteiger partial charge in [0.2, 0.25) is 6.41 Å². The first kappa shape index (κ1) is 55.1. The summed E-state index contributed by atoms with van der Waals surface area (Å²) in [6.07, 6.45) is 12.4. The summed E-state index contributed by atoms with van der Waals surface area (Å²) >= 11 is 2.00. The van der Waals surface area contributed by atoms with Crippen molar-refractivity contribution in [2.75, 3.05) is 40.4 Å². The molecule has 7 heterocycles. The molecule has 0 bridgehead atoms. The number of aliphatic hydroxyl groups is 3. The highest BCUT2D eigenvalue weighted by atomic mass is 32.2. The van der Waals surface area contributed by atoms with Crippen LogP contribution in [0.25, 0.3) is 0 Å². The molecule has 20 heteroatoms. The van der Waals surface area contributed by atoms with E-state index in [9.17, 15) is 15.3 Å². The standard InChI is InChI=1S/C53H88F3N9O7S/c1-48(2,55)42(59-47(68)69-9)44(66)63-21-11-19-50(63,5)52(7)57-27-34(60-52)30-15-16-36-32(23-30)25-37-41-33(54)24-31(26-38(41)71-46(65(36)37)40-18-17-39(73-40)29-13-14-29)35-28-58-53(8,61-35)51(6)20-12-22-64(51)45(67)43(49(3,4)56)62-72-70-10/h15,18,24,29,31-32,34-39,41-47,57-62,66-68H,11-14,16-17,19-23,25-28H2,1-10H3/t31-,32+,34+,35-,36+,37+,38?,39-,41-,42?,43?,44-,45?,46?,47-,50-,51-,52?,53?/m1/s1. The van der Waals surface area contributed by atoms with Crippen molar-refractivity contribution in [1.82, 2.24) is 46.8 Å². The maximum atomic E-state index is 17.4. The van der Waals surface area contributed by atoms with E-state index in [0.717, 1.165) is 57.3 Å². The third-order valence-corrected chi connectivity index (χ3v) is 21.6. The van der Waals surface area contributed by atoms with Gasteiger partial charge in [0.15, 0.2) is 0 Å². The summed E-state index contributed by atoms with van der Waals surface area (Å²) < 4.78 is 61.1. The van der Waals surface area contributed by atoms with Crippen LogP contribution in [0.15, 0.2) is 34.5 Å². The Morgan fingerprint density at radius 2 is 1.48 bits per heavy atom. The molecule has 10 rings (SSSR count). The number of rotatable bonds is 18. The summed E-state index contributed by atoms with van der Waals surface area (Å²) in [5.41, 5.74) is -2.32. The van der Waals surface area contributed by atoms with Crippen molar-refractivity contribution in [3.8, 4) is 0 Å². The Morgan fingerprint density at radius 3 is 2.11 bits per heavy atom. The molecule has 7 fully saturated rings. The lowest BCUT2D eigenvalue weighted by Gasteiger charge is -2.52. The normalized spacial score (nSPS) is 43.8. The highest BCUT2D eigenvalue weighted by Crippen LogP contribution is 2.56. The number of allylic oxidation sites excluding steroid dienone is 1. The fraction of sp³-hybridized carbons (Fsp3) is 0.887. The minimum Gasteiger partial charge on any atom is -0.377 e. The number of fused-ring (bicyclic) bond motifs is 5. The highest BCUT2D eigenvalue weighted by Gasteiger charge is 2.62. The topological polar surface area (TPSA) is 180 Å². The third kappa shape index (κ3) is 9.89. The molecule has 0 aromatic heterocycles. The molecule has 1 saturated carbocycles. The molecule has 19 atom stereocenters. The molecule has 73 heavy (non-hydrogen) atoms. The van der Waals surface area contributed by atoms with Gasteiger partial charge in [-0.3, -0.25) is 41.3 Å². The summed E-state index contributed by atoms with van der Waals surface area (Å²) in [5.74, 6) is 0.477. The number of ether oxygens (including phenoxy) is 2. The van der Waals surface area contributed by atoms with Gasteiger partial charge in [0.25, 0.3) is 0 Å². The van der Waals surface area contributed by atoms with Gasteiger partial charge >= 0.3 is 0 Å². The number of hydrogen-bond donors (Lipinski definition) is 9. The average Bonchev–Trinajstić information content (AvgIpc) is 3.94. The van der Waals surface area contributed by atoms with E-state index in [0.29, 0.717) is 43.8 Å². The predicted octanol–water partition coefficient (Wildman–Crippen LogP) is 4.51. The number of nitrogens with one attached hydrogen (secondary N) is 6. The van der Waals surface area contributed by atoms with Gasteiger partial charge in [-0.25, -0.2) is 18.1 Å². The Bertz CT molecular complexity index is 2100. The molecule has 414 valence electrons. The molecule has 16 nitrogen and oxygen atoms in total. The second-order valence-electron chi connectivity index (χ2n) is 25.3. The van der Waals surface area contributed by atoms with E-state index < -0.39 is 64.7 Å². The van der Waals surface area contributed by atoms with Crippen molar-refractivity contribution < 1.29 is 47.8 Å². The second kappa shape index (κ2) is 20.4. The maximum absolute atomic E-state index is 17.4. The second-order valence-corrected chi connectivity index (χ2v) is 26.6. The Balaban J connectivity index is 0.854. The van der Waals surface area contributed by atoms with Gasteiger partial charge in [-0.2, -0.15) is 5.48 Å². The van der Waals surface area contributed by atoms with Crippen LogP contribution in [0.4, 0.5) is 13.2 Å². The molecule has 10 aliphatic rings. The first-order valence-corrected chi connectivity index (χ1v) is 28.4. The summed E-state index contributed by atoms with van der Waals surface area (Å²) in [5, 5.41) is 52.9. The smallest absolute Gasteiger partial charge is 0.213 e. The van der Waals surface area contributed by atoms with E-state index in [-0.39, 0.29) is 54.2 Å². The molecular formula is C53H88F3N9O7S. The van der Waals surface area contributed by atoms with Crippen molar-refractivity contribution in [1.29, 1.82) is 0 Å². The molecule has 9 N–H and O–H groups in total. The van der Waals surface area contributed by atoms with Crippen LogP contribution >= 0.6 is 11.8 Å². The molecule has 0 amide bonds. The van der Waals surface area contributed by atoms with Crippen LogP contribution in [0.2, 0.25) is 0 Å². The van der Waals surface area contributed by atoms with Crippen LogP contribution in [0.1, 0.15) is 126 Å². The Morgan fingerprint density at radius 1 is 0.836 bits per heavy atom. The number of likely N-dealkylation sites (tertiary alicyclic amines) is 2. The lowest BCUT2D eigenvalue weighted by molar-refractivity contribution is -0.337. The van der Waals surface area contributed by atoms with Crippen molar-refractivity contribution in [2.24, 2.45) is 23.7 Å². The van der Waals surface area contributed by atoms with E-state index >= 15 is 13.2 Å². The van der Waals surface area contributed by atoms with E-state index in [2.05, 4.69) is 76.8 Å². The monoisotopic (exact) mass is 1050 g/mol. The van der Waals surface area contributed by atoms with Gasteiger partial charge in [0, 0.05) is 67.6 Å². The first-order valence-electron chi connectivity index (χ1n) is 27.5. The highest BCUT2D eigenvalue weighted by molar-refractivity contribution is 8.04. The van der Waals surface area contributed by atoms with Crippen LogP contribution < -0.4 is 32.1 Å². The van der Waals surface area contributed by atoms with Gasteiger partial charge in [-0.15, -0.1) is 16.8 Å². The Kier molecular flexibility index (Phi) is 15.4. The van der Waals surface area contributed by atoms with E-state index in [1.165, 1.54) is 65.2 Å². The molecule has 7 unspecified atom stereocenters. The van der Waals surface area contributed by atoms with Crippen LogP contribution in [0, 0.1) is 23.7 Å². The summed E-state index contributed by atoms with van der Waals surface area (Å²) in [4.78, 5) is 17.5. The average molecular weight is 1050 g/mol. The molecule has 0 spiro atoms. The van der Waals surface area contributed by atoms with Crippen LogP contribution in [0.3, 0.4) is 0 Å². The van der Waals surface area contributed by atoms with Crippen LogP contribution in [-0.4, -0.2) is 177 Å². The van der Waals surface area contributed by atoms with Gasteiger partial charge in [-0.05, 0) is 150 Å². The number of methoxy groups -OCH3 is 1. The molecule has 6 saturated heterocycles. The molecule has 0 aromatic rings. The number of thioether (sulfide) groups is 1. The van der Waals surface area contributed by atoms with E-state index in [1.54, 1.807) is 0 Å². The number of aliphatic hydroxyl groups excluding tert-OH is 3. The van der Waals surface area contributed by atoms with Crippen molar-refractivity contribution in [3.63, 3.8) is 0 Å². The fourth-order valence-corrected chi connectivity index (χ4v) is 16.9. The molecule has 7 aliphatic heterocycles. The van der Waals surface area contributed by atoms with Gasteiger partial charge in [0.05, 0.1) is 47.6 Å². The minimum absolute atomic E-state index is 0.00809. The zero-order chi connectivity index (χ0) is 52.2. The fourth-order valence-electron chi connectivity index (χ4n) is 15.4. The molecular weight excluding hydrogens is 964 g/mol. The molecule has 0 aromatic carbocycles. The first-order chi connectivity index (χ1) is 34.4. The zero-order valence-corrected chi connectivity index (χ0v) is 45.8. The number of alkyl halides is 2. The zero-order valence-electron chi connectivity index (χ0n) is 44.9. The summed E-state index contributed by atoms with van der Waals surface area (Å²) in [6.45, 7) is 16.5. The lowest BCUT2D eigenvalue weighted by Crippen LogP contribution is -2.73. The largest absolute Gasteiger partial charge is 0.377 e. The number of halogens is 3. The predicted molar refractivity (Wildman–Crippen MR) is 274 cm³/mol. The van der Waals surface area contributed by atoms with Crippen molar-refractivity contribution in [3.05, 3.63) is 34.5 Å². The Hall–Kier alpha value is -1.28. The summed E-state index contributed by atoms with van der Waals surface area (Å²) in [6, 6.07) is -2.08.